The van der Waals surface area contributed by atoms with Crippen molar-refractivity contribution in [3.63, 3.8) is 0 Å². The van der Waals surface area contributed by atoms with Crippen molar-refractivity contribution in [2.75, 3.05) is 0 Å². The number of benzene rings is 4. The number of pyridine rings is 4. The van der Waals surface area contributed by atoms with Gasteiger partial charge in [-0.3, -0.25) is 0 Å². The van der Waals surface area contributed by atoms with Crippen molar-refractivity contribution in [3.8, 4) is 45.0 Å². The summed E-state index contributed by atoms with van der Waals surface area (Å²) in [6, 6.07) is 42.0. The first-order valence-corrected chi connectivity index (χ1v) is 22.2. The second kappa shape index (κ2) is 21.7. The Morgan fingerprint density at radius 1 is 0.281 bits per heavy atom. The van der Waals surface area contributed by atoms with Crippen LogP contribution in [0, 0.1) is 83.0 Å². The monoisotopic (exact) mass is 852 g/mol. The maximum Gasteiger partial charge on any atom is 0.215 e. The van der Waals surface area contributed by atoms with Gasteiger partial charge in [0.1, 0.15) is 28.2 Å². The van der Waals surface area contributed by atoms with Gasteiger partial charge >= 0.3 is 0 Å². The molecule has 0 radical (unpaired) electrons. The highest BCUT2D eigenvalue weighted by atomic mass is 14.9. The molecule has 0 N–H and O–H groups in total. The van der Waals surface area contributed by atoms with E-state index in [0.717, 1.165) is 16.8 Å². The summed E-state index contributed by atoms with van der Waals surface area (Å²) in [4.78, 5) is 0. The molecule has 8 rings (SSSR count). The van der Waals surface area contributed by atoms with Gasteiger partial charge in [0.05, 0.1) is 0 Å². The van der Waals surface area contributed by atoms with Crippen LogP contribution in [0.4, 0.5) is 0 Å². The van der Waals surface area contributed by atoms with Crippen LogP contribution in [-0.4, -0.2) is 0 Å². The highest BCUT2D eigenvalue weighted by molar-refractivity contribution is 5.67. The Labute approximate surface area is 390 Å². The first-order chi connectivity index (χ1) is 31.6. The minimum Gasteiger partial charge on any atom is -0.201 e. The van der Waals surface area contributed by atoms with Gasteiger partial charge in [0, 0.05) is 72.9 Å². The summed E-state index contributed by atoms with van der Waals surface area (Å²) >= 11 is 0. The second-order valence-corrected chi connectivity index (χ2v) is 17.6. The third-order valence-corrected chi connectivity index (χ3v) is 11.9. The Bertz CT molecular complexity index is 2840. The van der Waals surface area contributed by atoms with Gasteiger partial charge in [-0.2, -0.15) is 0 Å². The second-order valence-electron chi connectivity index (χ2n) is 17.6. The number of nitrogens with zero attached hydrogens (tertiary/aromatic N) is 4. The molecule has 0 saturated heterocycles. The minimum absolute atomic E-state index is 0.394. The van der Waals surface area contributed by atoms with Crippen molar-refractivity contribution in [2.24, 2.45) is 28.2 Å². The lowest BCUT2D eigenvalue weighted by Gasteiger charge is -2.07. The molecule has 0 bridgehead atoms. The molecule has 4 nitrogen and oxygen atoms in total. The lowest BCUT2D eigenvalue weighted by Crippen LogP contribution is -2.31. The van der Waals surface area contributed by atoms with E-state index in [0.29, 0.717) is 5.56 Å². The van der Waals surface area contributed by atoms with E-state index in [1.807, 2.05) is 32.3 Å². The third-order valence-electron chi connectivity index (χ3n) is 11.9. The first-order valence-electron chi connectivity index (χ1n) is 23.7. The number of aryl methyl sites for hydroxylation is 16. The van der Waals surface area contributed by atoms with Crippen molar-refractivity contribution >= 4 is 0 Å². The molecule has 64 heavy (non-hydrogen) atoms. The van der Waals surface area contributed by atoms with E-state index in [1.54, 1.807) is 12.1 Å². The standard InChI is InChI=1S/4C15H18N/c2*1-11-7-8-12(2)14(10-11)15-13(3)6-5-9-16(15)4;2*1-11-7-8-14(13(3)10-11)15-12(2)6-5-9-16(15)4/h4*5-10H,1-4H3/q4*+1/i;;1D3;. The van der Waals surface area contributed by atoms with Gasteiger partial charge in [0.25, 0.3) is 0 Å². The Hall–Kier alpha value is -6.52. The van der Waals surface area contributed by atoms with Gasteiger partial charge in [0.15, 0.2) is 24.8 Å². The summed E-state index contributed by atoms with van der Waals surface area (Å²) in [5.74, 6) is 0. The number of rotatable bonds is 4. The zero-order valence-electron chi connectivity index (χ0n) is 44.1. The maximum atomic E-state index is 7.46. The molecule has 8 aromatic rings. The van der Waals surface area contributed by atoms with Gasteiger partial charge in [-0.05, 0) is 154 Å². The van der Waals surface area contributed by atoms with Crippen molar-refractivity contribution < 1.29 is 22.4 Å². The smallest absolute Gasteiger partial charge is 0.201 e. The molecule has 4 heterocycles. The van der Waals surface area contributed by atoms with Gasteiger partial charge < -0.3 is 0 Å². The van der Waals surface area contributed by atoms with Gasteiger partial charge in [-0.25, -0.2) is 18.3 Å². The van der Waals surface area contributed by atoms with E-state index in [9.17, 15) is 0 Å². The normalized spacial score (nSPS) is 11.4. The Morgan fingerprint density at radius 3 is 0.875 bits per heavy atom. The Kier molecular flexibility index (Phi) is 15.0. The van der Waals surface area contributed by atoms with Crippen LogP contribution in [0.2, 0.25) is 0 Å². The summed E-state index contributed by atoms with van der Waals surface area (Å²) in [6.45, 7) is 21.4. The molecule has 4 heteroatoms. The fourth-order valence-corrected chi connectivity index (χ4v) is 8.59. The lowest BCUT2D eigenvalue weighted by molar-refractivity contribution is -0.660. The summed E-state index contributed by atoms with van der Waals surface area (Å²) < 4.78 is 31.0. The van der Waals surface area contributed by atoms with Crippen LogP contribution >= 0.6 is 0 Å². The molecule has 4 aromatic heterocycles. The highest BCUT2D eigenvalue weighted by Gasteiger charge is 2.18. The molecule has 0 spiro atoms. The topological polar surface area (TPSA) is 15.5 Å². The molecular weight excluding hydrogens is 777 g/mol. The van der Waals surface area contributed by atoms with E-state index >= 15 is 0 Å². The number of hydrogen-bond acceptors (Lipinski definition) is 0. The number of hydrogen-bond donors (Lipinski definition) is 0. The first kappa shape index (κ1) is 44.1. The molecule has 4 aromatic carbocycles. The fraction of sp³-hybridized carbons (Fsp3) is 0.267. The molecule has 0 unspecified atom stereocenters. The van der Waals surface area contributed by atoms with E-state index in [4.69, 9.17) is 4.11 Å². The zero-order valence-corrected chi connectivity index (χ0v) is 41.1. The van der Waals surface area contributed by atoms with Crippen LogP contribution in [0.1, 0.15) is 70.9 Å². The molecule has 0 saturated carbocycles. The molecule has 0 amide bonds. The summed E-state index contributed by atoms with van der Waals surface area (Å²) in [5, 5.41) is 0. The minimum atomic E-state index is -2.04. The number of aromatic nitrogens is 4. The average molecular weight is 852 g/mol. The predicted molar refractivity (Wildman–Crippen MR) is 269 cm³/mol. The molecular formula is C60H72N4+4. The molecule has 0 aliphatic rings. The summed E-state index contributed by atoms with van der Waals surface area (Å²) in [6.07, 6.45) is 8.30. The van der Waals surface area contributed by atoms with Crippen LogP contribution in [0.15, 0.2) is 146 Å². The van der Waals surface area contributed by atoms with Gasteiger partial charge in [-0.1, -0.05) is 70.8 Å². The fourth-order valence-electron chi connectivity index (χ4n) is 8.59. The largest absolute Gasteiger partial charge is 0.215 e. The third kappa shape index (κ3) is 11.9. The summed E-state index contributed by atoms with van der Waals surface area (Å²) in [7, 11) is 8.30. The SMILES string of the molecule is Cc1ccc(-c2c(C)ccc[n+]2C)c(C)c1.Cc1ccc(C)c(-c2c(C)ccc[n+]2C)c1.Cc1ccc(C)c(-c2c(C)ccc[n+]2C)c1.[2H]C([2H])([2H])c1ccc(-c2c(C)ccc[n+]2C)c(C)c1. The van der Waals surface area contributed by atoms with Gasteiger partial charge in [0.2, 0.25) is 22.8 Å². The van der Waals surface area contributed by atoms with Crippen LogP contribution in [0.5, 0.6) is 0 Å². The van der Waals surface area contributed by atoms with E-state index in [1.165, 1.54) is 89.4 Å². The lowest BCUT2D eigenvalue weighted by atomic mass is 9.99. The van der Waals surface area contributed by atoms with Crippen LogP contribution < -0.4 is 18.3 Å². The molecule has 328 valence electrons. The molecule has 0 fully saturated rings. The van der Waals surface area contributed by atoms with Crippen molar-refractivity contribution in [1.82, 2.24) is 0 Å². The molecule has 0 aliphatic carbocycles. The average Bonchev–Trinajstić information content (AvgIpc) is 3.25. The van der Waals surface area contributed by atoms with Gasteiger partial charge in [-0.15, -0.1) is 0 Å². The van der Waals surface area contributed by atoms with Crippen molar-refractivity contribution in [3.05, 3.63) is 213 Å². The van der Waals surface area contributed by atoms with E-state index in [-0.39, 0.29) is 0 Å². The van der Waals surface area contributed by atoms with Crippen LogP contribution in [-0.2, 0) is 28.2 Å². The molecule has 0 atom stereocenters. The predicted octanol–water partition coefficient (Wildman–Crippen LogP) is 12.4. The van der Waals surface area contributed by atoms with Crippen molar-refractivity contribution in [1.29, 1.82) is 0 Å². The molecule has 0 aliphatic heterocycles. The summed E-state index contributed by atoms with van der Waals surface area (Å²) in [5.41, 5.74) is 24.6. The van der Waals surface area contributed by atoms with Crippen LogP contribution in [0.25, 0.3) is 45.0 Å². The Balaban J connectivity index is 0.000000168. The van der Waals surface area contributed by atoms with Crippen molar-refractivity contribution in [2.45, 2.75) is 83.0 Å². The highest BCUT2D eigenvalue weighted by Crippen LogP contribution is 2.27. The van der Waals surface area contributed by atoms with E-state index in [2.05, 4.69) is 224 Å². The van der Waals surface area contributed by atoms with E-state index < -0.39 is 6.85 Å². The maximum absolute atomic E-state index is 7.46. The van der Waals surface area contributed by atoms with Crippen LogP contribution in [0.3, 0.4) is 0 Å². The Morgan fingerprint density at radius 2 is 0.562 bits per heavy atom. The zero-order chi connectivity index (χ0) is 49.3. The quantitative estimate of drug-likeness (QED) is 0.157.